The number of hydrogen-bond donors (Lipinski definition) is 1. The van der Waals surface area contributed by atoms with Crippen molar-refractivity contribution < 1.29 is 13.2 Å². The fourth-order valence-electron chi connectivity index (χ4n) is 2.04. The molecule has 2 aromatic rings. The minimum Gasteiger partial charge on any atom is -0.272 e. The summed E-state index contributed by atoms with van der Waals surface area (Å²) >= 11 is 5.75. The van der Waals surface area contributed by atoms with Crippen molar-refractivity contribution in [1.82, 2.24) is 9.73 Å². The highest BCUT2D eigenvalue weighted by Gasteiger charge is 2.22. The van der Waals surface area contributed by atoms with Crippen LogP contribution in [0.2, 0.25) is 5.02 Å². The third-order valence-corrected chi connectivity index (χ3v) is 5.40. The second-order valence-electron chi connectivity index (χ2n) is 5.42. The minimum atomic E-state index is -3.77. The van der Waals surface area contributed by atoms with Crippen molar-refractivity contribution in [2.45, 2.75) is 11.8 Å². The number of rotatable bonds is 6. The first-order chi connectivity index (χ1) is 11.8. The molecule has 0 saturated heterocycles. The van der Waals surface area contributed by atoms with Gasteiger partial charge in [-0.25, -0.2) is 13.8 Å². The molecule has 0 fully saturated rings. The van der Waals surface area contributed by atoms with Gasteiger partial charge in [-0.1, -0.05) is 41.4 Å². The van der Waals surface area contributed by atoms with Gasteiger partial charge in [-0.2, -0.15) is 9.41 Å². The first-order valence-electron chi connectivity index (χ1n) is 7.39. The zero-order chi connectivity index (χ0) is 18.4. The van der Waals surface area contributed by atoms with Gasteiger partial charge in [0.1, 0.15) is 0 Å². The lowest BCUT2D eigenvalue weighted by Gasteiger charge is -2.16. The Morgan fingerprint density at radius 1 is 1.24 bits per heavy atom. The molecule has 0 spiro atoms. The molecule has 25 heavy (non-hydrogen) atoms. The maximum Gasteiger partial charge on any atom is 0.255 e. The van der Waals surface area contributed by atoms with Gasteiger partial charge in [0.05, 0.1) is 17.7 Å². The van der Waals surface area contributed by atoms with E-state index in [2.05, 4.69) is 10.5 Å². The van der Waals surface area contributed by atoms with Gasteiger partial charge >= 0.3 is 0 Å². The number of likely N-dealkylation sites (N-methyl/N-ethyl adjacent to an activating group) is 1. The van der Waals surface area contributed by atoms with E-state index in [9.17, 15) is 13.2 Å². The Labute approximate surface area is 152 Å². The maximum absolute atomic E-state index is 12.4. The zero-order valence-corrected chi connectivity index (χ0v) is 15.4. The molecule has 0 aliphatic carbocycles. The Morgan fingerprint density at radius 3 is 2.56 bits per heavy atom. The fourth-order valence-corrected chi connectivity index (χ4v) is 3.29. The van der Waals surface area contributed by atoms with E-state index in [0.29, 0.717) is 5.02 Å². The van der Waals surface area contributed by atoms with Crippen molar-refractivity contribution in [2.75, 3.05) is 13.6 Å². The molecule has 0 aromatic heterocycles. The largest absolute Gasteiger partial charge is 0.272 e. The summed E-state index contributed by atoms with van der Waals surface area (Å²) in [7, 11) is -2.44. The van der Waals surface area contributed by atoms with Crippen molar-refractivity contribution in [3.05, 3.63) is 64.7 Å². The number of carbonyl (C=O) groups excluding carboxylic acids is 1. The predicted octanol–water partition coefficient (Wildman–Crippen LogP) is 2.42. The molecule has 1 amide bonds. The van der Waals surface area contributed by atoms with Gasteiger partial charge in [0.2, 0.25) is 10.0 Å². The van der Waals surface area contributed by atoms with Crippen LogP contribution in [0.1, 0.15) is 11.1 Å². The summed E-state index contributed by atoms with van der Waals surface area (Å²) in [5, 5.41) is 4.27. The molecule has 0 aliphatic rings. The van der Waals surface area contributed by atoms with Gasteiger partial charge < -0.3 is 0 Å². The molecule has 0 heterocycles. The molecule has 0 radical (unpaired) electrons. The van der Waals surface area contributed by atoms with Gasteiger partial charge in [0.15, 0.2) is 0 Å². The van der Waals surface area contributed by atoms with Crippen LogP contribution < -0.4 is 5.43 Å². The van der Waals surface area contributed by atoms with E-state index in [1.807, 2.05) is 31.2 Å². The molecule has 0 aliphatic heterocycles. The lowest BCUT2D eigenvalue weighted by molar-refractivity contribution is -0.121. The lowest BCUT2D eigenvalue weighted by atomic mass is 10.2. The van der Waals surface area contributed by atoms with Crippen LogP contribution in [0, 0.1) is 6.92 Å². The Kier molecular flexibility index (Phi) is 6.30. The summed E-state index contributed by atoms with van der Waals surface area (Å²) in [5.41, 5.74) is 4.23. The number of hydrogen-bond acceptors (Lipinski definition) is 4. The van der Waals surface area contributed by atoms with Crippen LogP contribution in [0.25, 0.3) is 0 Å². The molecule has 1 N–H and O–H groups in total. The Morgan fingerprint density at radius 2 is 1.92 bits per heavy atom. The molecular weight excluding hydrogens is 362 g/mol. The van der Waals surface area contributed by atoms with Crippen LogP contribution in [0.15, 0.2) is 58.5 Å². The van der Waals surface area contributed by atoms with Crippen LogP contribution in [0.3, 0.4) is 0 Å². The summed E-state index contributed by atoms with van der Waals surface area (Å²) in [6.45, 7) is 1.60. The smallest absolute Gasteiger partial charge is 0.255 e. The first kappa shape index (κ1) is 19.1. The Bertz CT molecular complexity index is 880. The van der Waals surface area contributed by atoms with E-state index in [1.54, 1.807) is 0 Å². The third kappa shape index (κ3) is 5.38. The van der Waals surface area contributed by atoms with E-state index >= 15 is 0 Å². The number of benzene rings is 2. The number of nitrogens with one attached hydrogen (secondary N) is 1. The quantitative estimate of drug-likeness (QED) is 0.618. The molecule has 6 nitrogen and oxygen atoms in total. The number of hydrazone groups is 1. The average Bonchev–Trinajstić information content (AvgIpc) is 2.55. The molecule has 132 valence electrons. The van der Waals surface area contributed by atoms with Crippen molar-refractivity contribution in [3.63, 3.8) is 0 Å². The predicted molar refractivity (Wildman–Crippen MR) is 98.2 cm³/mol. The summed E-state index contributed by atoms with van der Waals surface area (Å²) in [6, 6.07) is 13.3. The minimum absolute atomic E-state index is 0.0652. The second kappa shape index (κ2) is 8.24. The lowest BCUT2D eigenvalue weighted by Crippen LogP contribution is -2.36. The topological polar surface area (TPSA) is 78.8 Å². The monoisotopic (exact) mass is 379 g/mol. The van der Waals surface area contributed by atoms with E-state index in [1.165, 1.54) is 37.5 Å². The Balaban J connectivity index is 1.96. The summed E-state index contributed by atoms with van der Waals surface area (Å²) in [5.74, 6) is -0.538. The highest BCUT2D eigenvalue weighted by molar-refractivity contribution is 7.89. The Hall–Kier alpha value is -2.22. The number of carbonyl (C=O) groups is 1. The molecule has 0 atom stereocenters. The molecule has 8 heteroatoms. The van der Waals surface area contributed by atoms with Crippen LogP contribution in [0.4, 0.5) is 0 Å². The highest BCUT2D eigenvalue weighted by atomic mass is 35.5. The van der Waals surface area contributed by atoms with Crippen molar-refractivity contribution >= 4 is 33.7 Å². The summed E-state index contributed by atoms with van der Waals surface area (Å²) < 4.78 is 25.7. The van der Waals surface area contributed by atoms with Crippen LogP contribution in [-0.2, 0) is 14.8 Å². The van der Waals surface area contributed by atoms with Gasteiger partial charge in [-0.3, -0.25) is 4.79 Å². The molecule has 2 rings (SSSR count). The van der Waals surface area contributed by atoms with Gasteiger partial charge in [-0.15, -0.1) is 0 Å². The molecule has 0 saturated carbocycles. The molecule has 0 unspecified atom stereocenters. The van der Waals surface area contributed by atoms with Gasteiger partial charge in [0, 0.05) is 12.1 Å². The van der Waals surface area contributed by atoms with Gasteiger partial charge in [-0.05, 0) is 36.8 Å². The molecule has 0 bridgehead atoms. The van der Waals surface area contributed by atoms with E-state index in [0.717, 1.165) is 15.4 Å². The van der Waals surface area contributed by atoms with Crippen LogP contribution in [-0.4, -0.2) is 38.4 Å². The van der Waals surface area contributed by atoms with Gasteiger partial charge in [0.25, 0.3) is 5.91 Å². The SMILES string of the molecule is Cc1cccc(C=NNC(=O)CN(C)S(=O)(=O)c2ccc(Cl)cc2)c1. The van der Waals surface area contributed by atoms with E-state index < -0.39 is 15.9 Å². The van der Waals surface area contributed by atoms with E-state index in [4.69, 9.17) is 11.6 Å². The third-order valence-electron chi connectivity index (χ3n) is 3.33. The number of halogens is 1. The maximum atomic E-state index is 12.4. The molecular formula is C17H18ClN3O3S. The van der Waals surface area contributed by atoms with Crippen LogP contribution >= 0.6 is 11.6 Å². The molecule has 2 aromatic carbocycles. The van der Waals surface area contributed by atoms with Crippen molar-refractivity contribution in [1.29, 1.82) is 0 Å². The second-order valence-corrected chi connectivity index (χ2v) is 7.90. The summed E-state index contributed by atoms with van der Waals surface area (Å²) in [6.07, 6.45) is 1.50. The fraction of sp³-hybridized carbons (Fsp3) is 0.176. The standard InChI is InChI=1S/C17H18ClN3O3S/c1-13-4-3-5-14(10-13)11-19-20-17(22)12-21(2)25(23,24)16-8-6-15(18)7-9-16/h3-11H,12H2,1-2H3,(H,20,22). The van der Waals surface area contributed by atoms with Crippen LogP contribution in [0.5, 0.6) is 0 Å². The number of sulfonamides is 1. The first-order valence-corrected chi connectivity index (χ1v) is 9.21. The van der Waals surface area contributed by atoms with E-state index in [-0.39, 0.29) is 11.4 Å². The van der Waals surface area contributed by atoms with Crippen molar-refractivity contribution in [2.24, 2.45) is 5.10 Å². The van der Waals surface area contributed by atoms with Crippen molar-refractivity contribution in [3.8, 4) is 0 Å². The highest BCUT2D eigenvalue weighted by Crippen LogP contribution is 2.17. The number of amides is 1. The average molecular weight is 380 g/mol. The summed E-state index contributed by atoms with van der Waals surface area (Å²) in [4.78, 5) is 12.0. The number of nitrogens with zero attached hydrogens (tertiary/aromatic N) is 2. The number of aryl methyl sites for hydroxylation is 1. The normalized spacial score (nSPS) is 11.8. The zero-order valence-electron chi connectivity index (χ0n) is 13.8.